The minimum absolute atomic E-state index is 0.0276. The monoisotopic (exact) mass is 192 g/mol. The first-order valence-electron chi connectivity index (χ1n) is 4.14. The molecule has 0 saturated carbocycles. The molecule has 0 atom stereocenters. The molecular formula is C9H14N5+. The van der Waals surface area contributed by atoms with Gasteiger partial charge in [0.05, 0.1) is 0 Å². The normalized spacial score (nSPS) is 11.1. The Morgan fingerprint density at radius 2 is 1.86 bits per heavy atom. The van der Waals surface area contributed by atoms with E-state index in [1.165, 1.54) is 0 Å². The van der Waals surface area contributed by atoms with E-state index in [4.69, 9.17) is 17.2 Å². The Kier molecular flexibility index (Phi) is 3.06. The molecule has 1 aromatic carbocycles. The SMILES string of the molecule is Cc1ccccc1N=C(N)[NH+]=C(N)N. The van der Waals surface area contributed by atoms with E-state index >= 15 is 0 Å². The molecule has 14 heavy (non-hydrogen) atoms. The van der Waals surface area contributed by atoms with Gasteiger partial charge >= 0.3 is 5.96 Å². The van der Waals surface area contributed by atoms with Crippen LogP contribution in [0.4, 0.5) is 5.69 Å². The highest BCUT2D eigenvalue weighted by atomic mass is 15.1. The molecule has 1 rings (SSSR count). The molecule has 0 unspecified atom stereocenters. The van der Waals surface area contributed by atoms with E-state index < -0.39 is 0 Å². The lowest BCUT2D eigenvalue weighted by Gasteiger charge is -1.95. The molecular weight excluding hydrogens is 178 g/mol. The summed E-state index contributed by atoms with van der Waals surface area (Å²) in [5.74, 6) is 0.208. The number of guanidine groups is 2. The van der Waals surface area contributed by atoms with Gasteiger partial charge in [0.15, 0.2) is 0 Å². The quantitative estimate of drug-likeness (QED) is 0.315. The Labute approximate surface area is 82.3 Å². The fraction of sp³-hybridized carbons (Fsp3) is 0.111. The van der Waals surface area contributed by atoms with Crippen LogP contribution in [0.25, 0.3) is 0 Å². The van der Waals surface area contributed by atoms with E-state index in [9.17, 15) is 0 Å². The summed E-state index contributed by atoms with van der Waals surface area (Å²) in [5, 5.41) is 0. The molecule has 0 fully saturated rings. The molecule has 0 aliphatic rings. The van der Waals surface area contributed by atoms with Crippen molar-refractivity contribution in [1.29, 1.82) is 0 Å². The first kappa shape index (κ1) is 10.0. The van der Waals surface area contributed by atoms with E-state index in [0.29, 0.717) is 0 Å². The summed E-state index contributed by atoms with van der Waals surface area (Å²) in [6.45, 7) is 1.95. The van der Waals surface area contributed by atoms with Gasteiger partial charge in [-0.05, 0) is 18.6 Å². The second-order valence-corrected chi connectivity index (χ2v) is 2.86. The Bertz CT molecular complexity index is 377. The highest BCUT2D eigenvalue weighted by Gasteiger charge is 1.99. The second kappa shape index (κ2) is 4.27. The minimum Gasteiger partial charge on any atom is -0.323 e. The molecule has 0 spiro atoms. The summed E-state index contributed by atoms with van der Waals surface area (Å²) in [7, 11) is 0. The lowest BCUT2D eigenvalue weighted by Crippen LogP contribution is -2.84. The Balaban J connectivity index is 2.98. The number of aryl methyl sites for hydroxylation is 1. The largest absolute Gasteiger partial charge is 0.323 e. The average Bonchev–Trinajstić information content (AvgIpc) is 2.07. The summed E-state index contributed by atoms with van der Waals surface area (Å²) < 4.78 is 0. The summed E-state index contributed by atoms with van der Waals surface area (Å²) in [5.41, 5.74) is 17.8. The fourth-order valence-electron chi connectivity index (χ4n) is 0.994. The summed E-state index contributed by atoms with van der Waals surface area (Å²) in [4.78, 5) is 6.62. The number of para-hydroxylation sites is 1. The van der Waals surface area contributed by atoms with Gasteiger partial charge in [0, 0.05) is 0 Å². The predicted octanol–water partition coefficient (Wildman–Crippen LogP) is -1.70. The third kappa shape index (κ3) is 2.78. The van der Waals surface area contributed by atoms with Crippen molar-refractivity contribution in [2.45, 2.75) is 6.92 Å². The third-order valence-corrected chi connectivity index (χ3v) is 1.63. The van der Waals surface area contributed by atoms with Crippen LogP contribution in [0.2, 0.25) is 0 Å². The van der Waals surface area contributed by atoms with Crippen LogP contribution in [-0.2, 0) is 0 Å². The summed E-state index contributed by atoms with van der Waals surface area (Å²) in [6, 6.07) is 7.62. The number of nitrogens with two attached hydrogens (primary N) is 3. The fourth-order valence-corrected chi connectivity index (χ4v) is 0.994. The molecule has 0 aliphatic heterocycles. The molecule has 0 saturated heterocycles. The summed E-state index contributed by atoms with van der Waals surface area (Å²) in [6.07, 6.45) is 0. The molecule has 0 amide bonds. The minimum atomic E-state index is 0.0276. The zero-order chi connectivity index (χ0) is 10.6. The summed E-state index contributed by atoms with van der Waals surface area (Å²) >= 11 is 0. The van der Waals surface area contributed by atoms with Gasteiger partial charge in [0.2, 0.25) is 0 Å². The maximum absolute atomic E-state index is 5.53. The van der Waals surface area contributed by atoms with E-state index in [0.717, 1.165) is 11.3 Å². The number of benzene rings is 1. The van der Waals surface area contributed by atoms with Gasteiger partial charge in [0.25, 0.3) is 5.96 Å². The molecule has 7 N–H and O–H groups in total. The van der Waals surface area contributed by atoms with Crippen LogP contribution >= 0.6 is 0 Å². The molecule has 5 nitrogen and oxygen atoms in total. The van der Waals surface area contributed by atoms with Crippen molar-refractivity contribution in [1.82, 2.24) is 0 Å². The molecule has 5 heteroatoms. The standard InChI is InChI=1S/C9H13N5/c1-6-4-2-3-5-7(6)13-9(12)14-8(10)11/h2-5H,1H3,(H6,10,11,12,13,14)/p+1. The van der Waals surface area contributed by atoms with Crippen molar-refractivity contribution < 1.29 is 4.99 Å². The average molecular weight is 192 g/mol. The highest BCUT2D eigenvalue weighted by Crippen LogP contribution is 2.15. The molecule has 0 heterocycles. The molecule has 0 bridgehead atoms. The van der Waals surface area contributed by atoms with Crippen LogP contribution in [0, 0.1) is 6.92 Å². The van der Waals surface area contributed by atoms with Crippen molar-refractivity contribution in [2.75, 3.05) is 0 Å². The number of nitrogens with one attached hydrogen (secondary N) is 1. The lowest BCUT2D eigenvalue weighted by molar-refractivity contribution is -0.320. The molecule has 0 aromatic heterocycles. The number of rotatable bonds is 1. The van der Waals surface area contributed by atoms with E-state index in [1.54, 1.807) is 0 Å². The molecule has 0 radical (unpaired) electrons. The number of aliphatic imine (C=N–C) groups is 1. The van der Waals surface area contributed by atoms with E-state index in [1.807, 2.05) is 31.2 Å². The predicted molar refractivity (Wildman–Crippen MR) is 56.8 cm³/mol. The molecule has 0 aliphatic carbocycles. The zero-order valence-electron chi connectivity index (χ0n) is 7.99. The topological polar surface area (TPSA) is 104 Å². The van der Waals surface area contributed by atoms with Crippen LogP contribution < -0.4 is 22.2 Å². The van der Waals surface area contributed by atoms with Crippen LogP contribution in [-0.4, -0.2) is 11.9 Å². The second-order valence-electron chi connectivity index (χ2n) is 2.86. The third-order valence-electron chi connectivity index (χ3n) is 1.63. The van der Waals surface area contributed by atoms with Crippen molar-refractivity contribution in [3.8, 4) is 0 Å². The van der Waals surface area contributed by atoms with Gasteiger partial charge in [-0.15, -0.1) is 4.99 Å². The first-order valence-corrected chi connectivity index (χ1v) is 4.14. The number of nitrogens with zero attached hydrogens (tertiary/aromatic N) is 1. The van der Waals surface area contributed by atoms with E-state index in [-0.39, 0.29) is 11.9 Å². The first-order chi connectivity index (χ1) is 6.59. The van der Waals surface area contributed by atoms with Crippen molar-refractivity contribution in [2.24, 2.45) is 22.2 Å². The van der Waals surface area contributed by atoms with Crippen LogP contribution in [0.1, 0.15) is 5.56 Å². The van der Waals surface area contributed by atoms with Crippen LogP contribution in [0.15, 0.2) is 29.3 Å². The van der Waals surface area contributed by atoms with Gasteiger partial charge in [-0.25, -0.2) is 4.99 Å². The van der Waals surface area contributed by atoms with Crippen molar-refractivity contribution in [3.05, 3.63) is 29.8 Å². The number of hydrogen-bond acceptors (Lipinski definition) is 1. The van der Waals surface area contributed by atoms with Gasteiger partial charge in [0.1, 0.15) is 5.69 Å². The Morgan fingerprint density at radius 1 is 1.21 bits per heavy atom. The van der Waals surface area contributed by atoms with Gasteiger partial charge in [-0.3, -0.25) is 0 Å². The highest BCUT2D eigenvalue weighted by molar-refractivity contribution is 5.79. The maximum Gasteiger partial charge on any atom is 0.316 e. The Hall–Kier alpha value is -2.04. The van der Waals surface area contributed by atoms with Crippen molar-refractivity contribution >= 4 is 17.6 Å². The smallest absolute Gasteiger partial charge is 0.316 e. The van der Waals surface area contributed by atoms with Gasteiger partial charge in [-0.1, -0.05) is 18.2 Å². The van der Waals surface area contributed by atoms with Gasteiger partial charge in [-0.2, -0.15) is 0 Å². The maximum atomic E-state index is 5.53. The van der Waals surface area contributed by atoms with Gasteiger partial charge < -0.3 is 17.2 Å². The van der Waals surface area contributed by atoms with E-state index in [2.05, 4.69) is 9.98 Å². The van der Waals surface area contributed by atoms with Crippen LogP contribution in [0.5, 0.6) is 0 Å². The zero-order valence-corrected chi connectivity index (χ0v) is 7.99. The van der Waals surface area contributed by atoms with Crippen molar-refractivity contribution in [3.63, 3.8) is 0 Å². The molecule has 74 valence electrons. The Morgan fingerprint density at radius 3 is 2.43 bits per heavy atom. The number of hydrogen-bond donors (Lipinski definition) is 4. The molecule has 1 aromatic rings. The lowest BCUT2D eigenvalue weighted by atomic mass is 10.2. The van der Waals surface area contributed by atoms with Crippen LogP contribution in [0.3, 0.4) is 0 Å².